The molecule has 0 N–H and O–H groups in total. The molecule has 2 nitrogen and oxygen atoms in total. The van der Waals surface area contributed by atoms with Gasteiger partial charge in [0.2, 0.25) is 6.67 Å². The zero-order valence-electron chi connectivity index (χ0n) is 5.54. The van der Waals surface area contributed by atoms with Gasteiger partial charge in [-0.3, -0.25) is 0 Å². The Morgan fingerprint density at radius 3 is 2.89 bits per heavy atom. The van der Waals surface area contributed by atoms with Gasteiger partial charge in [0.25, 0.3) is 0 Å². The molecule has 0 fully saturated rings. The lowest BCUT2D eigenvalue weighted by molar-refractivity contribution is 0.408. The van der Waals surface area contributed by atoms with Gasteiger partial charge in [0.15, 0.2) is 0 Å². The van der Waals surface area contributed by atoms with E-state index in [1.807, 2.05) is 35.3 Å². The zero-order chi connectivity index (χ0) is 6.69. The van der Waals surface area contributed by atoms with E-state index in [9.17, 15) is 0 Å². The molecule has 9 heavy (non-hydrogen) atoms. The van der Waals surface area contributed by atoms with Crippen LogP contribution in [-0.4, -0.2) is 23.4 Å². The molecule has 1 heterocycles. The lowest BCUT2D eigenvalue weighted by atomic mass is 10.6. The highest BCUT2D eigenvalue weighted by Gasteiger charge is 2.07. The maximum Gasteiger partial charge on any atom is 0.207 e. The number of nitrogens with zero attached hydrogens (tertiary/aromatic N) is 2. The van der Waals surface area contributed by atoms with Crippen molar-refractivity contribution in [2.75, 3.05) is 13.6 Å². The summed E-state index contributed by atoms with van der Waals surface area (Å²) < 4.78 is 0. The maximum absolute atomic E-state index is 3.62. The Balaban J connectivity index is 2.31. The highest BCUT2D eigenvalue weighted by Crippen LogP contribution is 2.06. The number of hydrogen-bond donors (Lipinski definition) is 0. The van der Waals surface area contributed by atoms with Gasteiger partial charge in [0.1, 0.15) is 0 Å². The van der Waals surface area contributed by atoms with Crippen LogP contribution in [0.3, 0.4) is 0 Å². The van der Waals surface area contributed by atoms with E-state index < -0.39 is 0 Å². The molecule has 1 aliphatic heterocycles. The quantitative estimate of drug-likeness (QED) is 0.502. The van der Waals surface area contributed by atoms with E-state index in [0.29, 0.717) is 0 Å². The third-order valence-corrected chi connectivity index (χ3v) is 1.08. The van der Waals surface area contributed by atoms with Crippen molar-refractivity contribution in [1.82, 2.24) is 9.80 Å². The molecule has 2 heteroatoms. The first-order valence-electron chi connectivity index (χ1n) is 2.88. The Kier molecular flexibility index (Phi) is 1.78. The summed E-state index contributed by atoms with van der Waals surface area (Å²) in [6.07, 6.45) is 5.75. The molecular formula is C7H10N2. The molecule has 0 atom stereocenters. The molecule has 0 aromatic carbocycles. The second-order valence-corrected chi connectivity index (χ2v) is 1.95. The first-order chi connectivity index (χ1) is 4.33. The molecule has 1 rings (SSSR count). The molecule has 0 unspecified atom stereocenters. The lowest BCUT2D eigenvalue weighted by Gasteiger charge is -2.12. The fraction of sp³-hybridized carbons (Fsp3) is 0.286. The Labute approximate surface area is 56.1 Å². The molecular weight excluding hydrogens is 112 g/mol. The van der Waals surface area contributed by atoms with Gasteiger partial charge < -0.3 is 9.80 Å². The van der Waals surface area contributed by atoms with Gasteiger partial charge in [-0.2, -0.15) is 0 Å². The van der Waals surface area contributed by atoms with Crippen molar-refractivity contribution in [3.63, 3.8) is 0 Å². The molecule has 0 aliphatic carbocycles. The van der Waals surface area contributed by atoms with Crippen LogP contribution in [0.2, 0.25) is 0 Å². The Bertz CT molecular complexity index is 129. The highest BCUT2D eigenvalue weighted by atomic mass is 15.3. The summed E-state index contributed by atoms with van der Waals surface area (Å²) in [5.74, 6) is 0. The van der Waals surface area contributed by atoms with Gasteiger partial charge >= 0.3 is 0 Å². The van der Waals surface area contributed by atoms with E-state index in [1.165, 1.54) is 0 Å². The van der Waals surface area contributed by atoms with E-state index in [0.717, 1.165) is 6.54 Å². The van der Waals surface area contributed by atoms with Crippen LogP contribution in [0.1, 0.15) is 0 Å². The minimum absolute atomic E-state index is 0.834. The maximum atomic E-state index is 3.62. The van der Waals surface area contributed by atoms with Crippen molar-refractivity contribution in [2.24, 2.45) is 0 Å². The Morgan fingerprint density at radius 1 is 1.67 bits per heavy atom. The van der Waals surface area contributed by atoms with E-state index in [2.05, 4.69) is 13.2 Å². The van der Waals surface area contributed by atoms with Gasteiger partial charge in [-0.15, -0.1) is 6.58 Å². The highest BCUT2D eigenvalue weighted by molar-refractivity contribution is 4.97. The van der Waals surface area contributed by atoms with Crippen molar-refractivity contribution < 1.29 is 0 Å². The van der Waals surface area contributed by atoms with E-state index in [-0.39, 0.29) is 0 Å². The fourth-order valence-electron chi connectivity index (χ4n) is 0.691. The third kappa shape index (κ3) is 1.49. The molecule has 0 spiro atoms. The summed E-state index contributed by atoms with van der Waals surface area (Å²) >= 11 is 0. The Hall–Kier alpha value is -0.920. The standard InChI is InChI=1S/C7H10N2/c1-3-4-9-6-5-8(2)7-9/h3,5-6H,1,4H2,2H3. The average Bonchev–Trinajstić information content (AvgIpc) is 2.17. The molecule has 0 aromatic heterocycles. The summed E-state index contributed by atoms with van der Waals surface area (Å²) in [6, 6.07) is 0. The van der Waals surface area contributed by atoms with Gasteiger partial charge in [-0.1, -0.05) is 6.08 Å². The fourth-order valence-corrected chi connectivity index (χ4v) is 0.691. The van der Waals surface area contributed by atoms with Crippen LogP contribution < -0.4 is 0 Å². The van der Waals surface area contributed by atoms with Gasteiger partial charge in [-0.05, 0) is 0 Å². The van der Waals surface area contributed by atoms with Crippen molar-refractivity contribution >= 4 is 0 Å². The average molecular weight is 122 g/mol. The number of hydrogen-bond acceptors (Lipinski definition) is 2. The molecule has 0 bridgehead atoms. The Morgan fingerprint density at radius 2 is 2.44 bits per heavy atom. The van der Waals surface area contributed by atoms with Crippen molar-refractivity contribution in [3.05, 3.63) is 31.7 Å². The van der Waals surface area contributed by atoms with Crippen LogP contribution in [0, 0.1) is 6.67 Å². The first kappa shape index (κ1) is 6.20. The SMILES string of the molecule is C=CCN1[C]N(C)C=C1. The lowest BCUT2D eigenvalue weighted by Crippen LogP contribution is -2.15. The van der Waals surface area contributed by atoms with Crippen LogP contribution in [0.5, 0.6) is 0 Å². The van der Waals surface area contributed by atoms with Crippen molar-refractivity contribution in [3.8, 4) is 0 Å². The smallest absolute Gasteiger partial charge is 0.207 e. The van der Waals surface area contributed by atoms with Crippen LogP contribution >= 0.6 is 0 Å². The number of rotatable bonds is 2. The third-order valence-electron chi connectivity index (χ3n) is 1.08. The molecule has 0 saturated carbocycles. The van der Waals surface area contributed by atoms with Crippen molar-refractivity contribution in [1.29, 1.82) is 0 Å². The van der Waals surface area contributed by atoms with Gasteiger partial charge in [-0.25, -0.2) is 0 Å². The zero-order valence-corrected chi connectivity index (χ0v) is 5.54. The molecule has 0 aromatic rings. The van der Waals surface area contributed by atoms with Gasteiger partial charge in [0, 0.05) is 26.0 Å². The molecule has 48 valence electrons. The topological polar surface area (TPSA) is 6.48 Å². The minimum atomic E-state index is 0.834. The first-order valence-corrected chi connectivity index (χ1v) is 2.88. The summed E-state index contributed by atoms with van der Waals surface area (Å²) in [6.45, 7) is 7.49. The molecule has 1 aliphatic rings. The van der Waals surface area contributed by atoms with Crippen LogP contribution in [0.25, 0.3) is 0 Å². The molecule has 0 saturated heterocycles. The van der Waals surface area contributed by atoms with Crippen LogP contribution in [0.4, 0.5) is 0 Å². The second-order valence-electron chi connectivity index (χ2n) is 1.95. The largest absolute Gasteiger partial charge is 0.349 e. The van der Waals surface area contributed by atoms with Crippen molar-refractivity contribution in [2.45, 2.75) is 0 Å². The summed E-state index contributed by atoms with van der Waals surface area (Å²) in [4.78, 5) is 3.82. The van der Waals surface area contributed by atoms with E-state index in [1.54, 1.807) is 0 Å². The normalized spacial score (nSPS) is 17.0. The predicted molar refractivity (Wildman–Crippen MR) is 37.0 cm³/mol. The summed E-state index contributed by atoms with van der Waals surface area (Å²) in [5.41, 5.74) is 0. The second kappa shape index (κ2) is 2.58. The monoisotopic (exact) mass is 122 g/mol. The van der Waals surface area contributed by atoms with Crippen LogP contribution in [0.15, 0.2) is 25.1 Å². The van der Waals surface area contributed by atoms with Crippen LogP contribution in [-0.2, 0) is 0 Å². The van der Waals surface area contributed by atoms with E-state index >= 15 is 0 Å². The minimum Gasteiger partial charge on any atom is -0.349 e. The summed E-state index contributed by atoms with van der Waals surface area (Å²) in [5, 5.41) is 0. The van der Waals surface area contributed by atoms with E-state index in [4.69, 9.17) is 0 Å². The van der Waals surface area contributed by atoms with Gasteiger partial charge in [0.05, 0.1) is 0 Å². The molecule has 2 radical (unpaired) electrons. The predicted octanol–water partition coefficient (Wildman–Crippen LogP) is 0.887. The molecule has 0 amide bonds. The summed E-state index contributed by atoms with van der Waals surface area (Å²) in [7, 11) is 1.94.